The molecule has 4 heteroatoms. The summed E-state index contributed by atoms with van der Waals surface area (Å²) in [6, 6.07) is 11.6. The lowest BCUT2D eigenvalue weighted by Crippen LogP contribution is -2.29. The predicted molar refractivity (Wildman–Crippen MR) is 79.0 cm³/mol. The van der Waals surface area contributed by atoms with Crippen LogP contribution in [0.2, 0.25) is 0 Å². The van der Waals surface area contributed by atoms with Gasteiger partial charge in [0.15, 0.2) is 0 Å². The SMILES string of the molecule is CC(C)N(Cc1cccs1)c1ccc(C(=O)O)cc1. The lowest BCUT2D eigenvalue weighted by atomic mass is 10.1. The van der Waals surface area contributed by atoms with E-state index in [1.807, 2.05) is 18.2 Å². The molecule has 0 fully saturated rings. The maximum absolute atomic E-state index is 10.9. The van der Waals surface area contributed by atoms with E-state index in [-0.39, 0.29) is 0 Å². The molecular weight excluding hydrogens is 258 g/mol. The molecule has 0 atom stereocenters. The van der Waals surface area contributed by atoms with E-state index in [9.17, 15) is 4.79 Å². The van der Waals surface area contributed by atoms with Crippen LogP contribution in [0.25, 0.3) is 0 Å². The van der Waals surface area contributed by atoms with E-state index in [1.54, 1.807) is 23.5 Å². The molecule has 0 saturated carbocycles. The van der Waals surface area contributed by atoms with Crippen LogP contribution in [-0.4, -0.2) is 17.1 Å². The predicted octanol–water partition coefficient (Wildman–Crippen LogP) is 3.86. The van der Waals surface area contributed by atoms with Crippen LogP contribution in [-0.2, 0) is 6.54 Å². The summed E-state index contributed by atoms with van der Waals surface area (Å²) in [5.74, 6) is -0.888. The smallest absolute Gasteiger partial charge is 0.335 e. The number of hydrogen-bond acceptors (Lipinski definition) is 3. The van der Waals surface area contributed by atoms with Crippen molar-refractivity contribution in [2.45, 2.75) is 26.4 Å². The van der Waals surface area contributed by atoms with Crippen molar-refractivity contribution in [2.75, 3.05) is 4.90 Å². The molecule has 2 aromatic rings. The van der Waals surface area contributed by atoms with E-state index in [1.165, 1.54) is 4.88 Å². The first kappa shape index (κ1) is 13.6. The molecule has 1 heterocycles. The number of carbonyl (C=O) groups is 1. The minimum Gasteiger partial charge on any atom is -0.478 e. The molecule has 0 aliphatic rings. The highest BCUT2D eigenvalue weighted by Gasteiger charge is 2.12. The average molecular weight is 275 g/mol. The lowest BCUT2D eigenvalue weighted by Gasteiger charge is -2.28. The van der Waals surface area contributed by atoms with Crippen molar-refractivity contribution in [1.82, 2.24) is 0 Å². The molecule has 0 spiro atoms. The zero-order valence-corrected chi connectivity index (χ0v) is 11.9. The van der Waals surface area contributed by atoms with E-state index in [2.05, 4.69) is 30.2 Å². The second-order valence-electron chi connectivity index (χ2n) is 4.65. The molecule has 1 N–H and O–H groups in total. The monoisotopic (exact) mass is 275 g/mol. The van der Waals surface area contributed by atoms with Gasteiger partial charge >= 0.3 is 5.97 Å². The quantitative estimate of drug-likeness (QED) is 0.900. The Morgan fingerprint density at radius 1 is 1.26 bits per heavy atom. The fourth-order valence-corrected chi connectivity index (χ4v) is 2.64. The van der Waals surface area contributed by atoms with E-state index >= 15 is 0 Å². The van der Waals surface area contributed by atoms with Crippen molar-refractivity contribution in [2.24, 2.45) is 0 Å². The molecule has 0 bridgehead atoms. The van der Waals surface area contributed by atoms with Crippen LogP contribution in [0, 0.1) is 0 Å². The zero-order valence-electron chi connectivity index (χ0n) is 11.0. The van der Waals surface area contributed by atoms with Gasteiger partial charge in [0.1, 0.15) is 0 Å². The highest BCUT2D eigenvalue weighted by molar-refractivity contribution is 7.09. The van der Waals surface area contributed by atoms with E-state index in [0.717, 1.165) is 12.2 Å². The zero-order chi connectivity index (χ0) is 13.8. The number of rotatable bonds is 5. The van der Waals surface area contributed by atoms with Gasteiger partial charge in [0.25, 0.3) is 0 Å². The Labute approximate surface area is 117 Å². The van der Waals surface area contributed by atoms with Gasteiger partial charge in [0.2, 0.25) is 0 Å². The van der Waals surface area contributed by atoms with Gasteiger partial charge in [0.05, 0.1) is 12.1 Å². The van der Waals surface area contributed by atoms with Crippen LogP contribution in [0.4, 0.5) is 5.69 Å². The molecule has 100 valence electrons. The minimum atomic E-state index is -0.888. The number of benzene rings is 1. The highest BCUT2D eigenvalue weighted by Crippen LogP contribution is 2.22. The van der Waals surface area contributed by atoms with Crippen molar-refractivity contribution in [3.05, 3.63) is 52.2 Å². The summed E-state index contributed by atoms with van der Waals surface area (Å²) < 4.78 is 0. The van der Waals surface area contributed by atoms with Gasteiger partial charge < -0.3 is 10.0 Å². The molecule has 0 aliphatic carbocycles. The van der Waals surface area contributed by atoms with Crippen molar-refractivity contribution in [3.8, 4) is 0 Å². The maximum Gasteiger partial charge on any atom is 0.335 e. The number of nitrogens with zero attached hydrogens (tertiary/aromatic N) is 1. The summed E-state index contributed by atoms with van der Waals surface area (Å²) in [5, 5.41) is 11.0. The molecule has 2 rings (SSSR count). The maximum atomic E-state index is 10.9. The second kappa shape index (κ2) is 5.89. The number of carboxylic acid groups (broad SMARTS) is 1. The lowest BCUT2D eigenvalue weighted by molar-refractivity contribution is 0.0697. The van der Waals surface area contributed by atoms with Gasteiger partial charge in [-0.2, -0.15) is 0 Å². The minimum absolute atomic E-state index is 0.323. The van der Waals surface area contributed by atoms with Crippen molar-refractivity contribution in [3.63, 3.8) is 0 Å². The number of aromatic carboxylic acids is 1. The van der Waals surface area contributed by atoms with Crippen molar-refractivity contribution < 1.29 is 9.90 Å². The van der Waals surface area contributed by atoms with Crippen LogP contribution in [0.3, 0.4) is 0 Å². The van der Waals surface area contributed by atoms with Crippen LogP contribution >= 0.6 is 11.3 Å². The third-order valence-corrected chi connectivity index (χ3v) is 3.84. The Kier molecular flexibility index (Phi) is 4.22. The van der Waals surface area contributed by atoms with Gasteiger partial charge in [-0.1, -0.05) is 6.07 Å². The first-order valence-corrected chi connectivity index (χ1v) is 7.08. The molecule has 0 amide bonds. The van der Waals surface area contributed by atoms with E-state index < -0.39 is 5.97 Å². The van der Waals surface area contributed by atoms with Gasteiger partial charge in [-0.25, -0.2) is 4.79 Å². The number of thiophene rings is 1. The topological polar surface area (TPSA) is 40.5 Å². The summed E-state index contributed by atoms with van der Waals surface area (Å²) in [6.07, 6.45) is 0. The van der Waals surface area contributed by atoms with Crippen LogP contribution in [0.15, 0.2) is 41.8 Å². The Morgan fingerprint density at radius 3 is 2.42 bits per heavy atom. The molecule has 1 aromatic carbocycles. The van der Waals surface area contributed by atoms with E-state index in [4.69, 9.17) is 5.11 Å². The standard InChI is InChI=1S/C15H17NO2S/c1-11(2)16(10-14-4-3-9-19-14)13-7-5-12(6-8-13)15(17)18/h3-9,11H,10H2,1-2H3,(H,17,18). The molecule has 3 nitrogen and oxygen atoms in total. The fourth-order valence-electron chi connectivity index (χ4n) is 1.94. The first-order chi connectivity index (χ1) is 9.08. The molecule has 0 saturated heterocycles. The fraction of sp³-hybridized carbons (Fsp3) is 0.267. The molecule has 1 aromatic heterocycles. The number of anilines is 1. The summed E-state index contributed by atoms with van der Waals surface area (Å²) >= 11 is 1.74. The first-order valence-electron chi connectivity index (χ1n) is 6.20. The molecule has 0 aliphatic heterocycles. The molecular formula is C15H17NO2S. The van der Waals surface area contributed by atoms with Gasteiger partial charge in [-0.05, 0) is 49.6 Å². The summed E-state index contributed by atoms with van der Waals surface area (Å²) in [5.41, 5.74) is 1.37. The Morgan fingerprint density at radius 2 is 1.95 bits per heavy atom. The van der Waals surface area contributed by atoms with Crippen LogP contribution < -0.4 is 4.90 Å². The van der Waals surface area contributed by atoms with Crippen LogP contribution in [0.5, 0.6) is 0 Å². The Hall–Kier alpha value is -1.81. The van der Waals surface area contributed by atoms with Gasteiger partial charge in [-0.3, -0.25) is 0 Å². The summed E-state index contributed by atoms with van der Waals surface area (Å²) in [7, 11) is 0. The molecule has 0 unspecified atom stereocenters. The third-order valence-electron chi connectivity index (χ3n) is 2.98. The van der Waals surface area contributed by atoms with Gasteiger partial charge in [0, 0.05) is 16.6 Å². The Bertz CT molecular complexity index is 532. The number of hydrogen-bond donors (Lipinski definition) is 1. The number of carboxylic acids is 1. The normalized spacial score (nSPS) is 10.7. The summed E-state index contributed by atoms with van der Waals surface area (Å²) in [4.78, 5) is 14.4. The molecule has 0 radical (unpaired) electrons. The third kappa shape index (κ3) is 3.35. The van der Waals surface area contributed by atoms with Crippen molar-refractivity contribution in [1.29, 1.82) is 0 Å². The summed E-state index contributed by atoms with van der Waals surface area (Å²) in [6.45, 7) is 5.12. The highest BCUT2D eigenvalue weighted by atomic mass is 32.1. The second-order valence-corrected chi connectivity index (χ2v) is 5.69. The van der Waals surface area contributed by atoms with E-state index in [0.29, 0.717) is 11.6 Å². The van der Waals surface area contributed by atoms with Crippen molar-refractivity contribution >= 4 is 23.0 Å². The largest absolute Gasteiger partial charge is 0.478 e. The van der Waals surface area contributed by atoms with Crippen LogP contribution in [0.1, 0.15) is 29.1 Å². The Balaban J connectivity index is 2.21. The van der Waals surface area contributed by atoms with Gasteiger partial charge in [-0.15, -0.1) is 11.3 Å². The molecule has 19 heavy (non-hydrogen) atoms. The average Bonchev–Trinajstić information content (AvgIpc) is 2.88.